The lowest BCUT2D eigenvalue weighted by Gasteiger charge is -2.05. The van der Waals surface area contributed by atoms with E-state index in [1.165, 1.54) is 5.56 Å². The summed E-state index contributed by atoms with van der Waals surface area (Å²) < 4.78 is 5.84. The zero-order chi connectivity index (χ0) is 13.9. The number of rotatable bonds is 4. The van der Waals surface area contributed by atoms with Crippen LogP contribution in [0.25, 0.3) is 22.6 Å². The van der Waals surface area contributed by atoms with Gasteiger partial charge in [0.15, 0.2) is 5.58 Å². The maximum atomic E-state index is 5.98. The summed E-state index contributed by atoms with van der Waals surface area (Å²) in [7, 11) is 1.95. The van der Waals surface area contributed by atoms with Gasteiger partial charge in [0.05, 0.1) is 0 Å². The predicted octanol–water partition coefficient (Wildman–Crippen LogP) is 3.91. The molecule has 1 heterocycles. The highest BCUT2D eigenvalue weighted by atomic mass is 35.5. The monoisotopic (exact) mass is 286 g/mol. The molecule has 0 spiro atoms. The first-order chi connectivity index (χ1) is 9.78. The van der Waals surface area contributed by atoms with Gasteiger partial charge in [-0.25, -0.2) is 4.98 Å². The highest BCUT2D eigenvalue weighted by Crippen LogP contribution is 2.28. The Bertz CT molecular complexity index is 736. The lowest BCUT2D eigenvalue weighted by atomic mass is 10.0. The van der Waals surface area contributed by atoms with Crippen LogP contribution in [0.2, 0.25) is 5.02 Å². The Hall–Kier alpha value is -1.84. The third kappa shape index (κ3) is 2.55. The summed E-state index contributed by atoms with van der Waals surface area (Å²) in [6, 6.07) is 13.7. The van der Waals surface area contributed by atoms with Crippen molar-refractivity contribution in [2.45, 2.75) is 6.42 Å². The van der Waals surface area contributed by atoms with Crippen molar-refractivity contribution < 1.29 is 4.42 Å². The minimum Gasteiger partial charge on any atom is -0.436 e. The number of halogens is 1. The summed E-state index contributed by atoms with van der Waals surface area (Å²) in [4.78, 5) is 4.54. The fraction of sp³-hybridized carbons (Fsp3) is 0.188. The molecule has 3 aromatic rings. The average molecular weight is 287 g/mol. The van der Waals surface area contributed by atoms with Crippen molar-refractivity contribution in [2.75, 3.05) is 13.6 Å². The Kier molecular flexibility index (Phi) is 3.72. The maximum Gasteiger partial charge on any atom is 0.227 e. The first kappa shape index (κ1) is 13.2. The molecule has 2 aromatic carbocycles. The Labute approximate surface area is 122 Å². The van der Waals surface area contributed by atoms with Crippen molar-refractivity contribution in [3.05, 3.63) is 53.1 Å². The third-order valence-corrected chi connectivity index (χ3v) is 3.48. The van der Waals surface area contributed by atoms with Crippen LogP contribution in [0.4, 0.5) is 0 Å². The summed E-state index contributed by atoms with van der Waals surface area (Å²) in [5.41, 5.74) is 3.80. The highest BCUT2D eigenvalue weighted by molar-refractivity contribution is 6.31. The van der Waals surface area contributed by atoms with Gasteiger partial charge >= 0.3 is 0 Å². The summed E-state index contributed by atoms with van der Waals surface area (Å²) in [6.07, 6.45) is 0.937. The van der Waals surface area contributed by atoms with E-state index in [9.17, 15) is 0 Å². The van der Waals surface area contributed by atoms with Gasteiger partial charge in [-0.3, -0.25) is 0 Å². The van der Waals surface area contributed by atoms with E-state index >= 15 is 0 Å². The topological polar surface area (TPSA) is 38.1 Å². The minimum atomic E-state index is 0.647. The molecule has 20 heavy (non-hydrogen) atoms. The third-order valence-electron chi connectivity index (χ3n) is 3.24. The molecular formula is C16H15ClN2O. The van der Waals surface area contributed by atoms with E-state index in [-0.39, 0.29) is 0 Å². The van der Waals surface area contributed by atoms with Crippen molar-refractivity contribution in [3.8, 4) is 11.5 Å². The van der Waals surface area contributed by atoms with Gasteiger partial charge in [-0.2, -0.15) is 0 Å². The number of hydrogen-bond acceptors (Lipinski definition) is 3. The van der Waals surface area contributed by atoms with Gasteiger partial charge in [-0.05, 0) is 49.8 Å². The van der Waals surface area contributed by atoms with E-state index in [1.54, 1.807) is 0 Å². The van der Waals surface area contributed by atoms with E-state index in [1.807, 2.05) is 43.4 Å². The lowest BCUT2D eigenvalue weighted by Crippen LogP contribution is -2.10. The number of aromatic nitrogens is 1. The predicted molar refractivity (Wildman–Crippen MR) is 82.1 cm³/mol. The Morgan fingerprint density at radius 2 is 2.05 bits per heavy atom. The molecule has 0 fully saturated rings. The van der Waals surface area contributed by atoms with Crippen molar-refractivity contribution in [1.29, 1.82) is 0 Å². The van der Waals surface area contributed by atoms with Crippen LogP contribution in [0, 0.1) is 0 Å². The Morgan fingerprint density at radius 1 is 1.20 bits per heavy atom. The summed E-state index contributed by atoms with van der Waals surface area (Å²) >= 11 is 5.98. The zero-order valence-electron chi connectivity index (χ0n) is 11.2. The molecule has 0 unspecified atom stereocenters. The van der Waals surface area contributed by atoms with Crippen LogP contribution >= 0.6 is 11.6 Å². The van der Waals surface area contributed by atoms with Gasteiger partial charge in [0.1, 0.15) is 5.52 Å². The number of benzene rings is 2. The second-order valence-corrected chi connectivity index (χ2v) is 5.08. The average Bonchev–Trinajstić information content (AvgIpc) is 2.88. The van der Waals surface area contributed by atoms with E-state index in [0.29, 0.717) is 10.9 Å². The quantitative estimate of drug-likeness (QED) is 0.790. The van der Waals surface area contributed by atoms with Gasteiger partial charge in [0.25, 0.3) is 0 Å². The molecule has 102 valence electrons. The number of fused-ring (bicyclic) bond motifs is 1. The first-order valence-corrected chi connectivity index (χ1v) is 6.94. The molecule has 0 saturated heterocycles. The largest absolute Gasteiger partial charge is 0.436 e. The molecule has 3 nitrogen and oxygen atoms in total. The fourth-order valence-electron chi connectivity index (χ4n) is 2.22. The van der Waals surface area contributed by atoms with Crippen LogP contribution in [0.1, 0.15) is 5.56 Å². The second-order valence-electron chi connectivity index (χ2n) is 4.64. The van der Waals surface area contributed by atoms with Crippen molar-refractivity contribution in [3.63, 3.8) is 0 Å². The first-order valence-electron chi connectivity index (χ1n) is 6.57. The van der Waals surface area contributed by atoms with Gasteiger partial charge in [0.2, 0.25) is 5.89 Å². The van der Waals surface area contributed by atoms with E-state index in [2.05, 4.69) is 16.4 Å². The van der Waals surface area contributed by atoms with Gasteiger partial charge in [-0.15, -0.1) is 0 Å². The Balaban J connectivity index is 2.06. The molecule has 0 amide bonds. The molecule has 4 heteroatoms. The SMILES string of the molecule is CNCCc1ccccc1-c1nc2cc(Cl)ccc2o1. The zero-order valence-corrected chi connectivity index (χ0v) is 11.9. The molecule has 3 rings (SSSR count). The van der Waals surface area contributed by atoms with Crippen molar-refractivity contribution in [2.24, 2.45) is 0 Å². The smallest absolute Gasteiger partial charge is 0.227 e. The summed E-state index contributed by atoms with van der Waals surface area (Å²) in [6.45, 7) is 0.920. The molecule has 1 N–H and O–H groups in total. The van der Waals surface area contributed by atoms with Crippen molar-refractivity contribution >= 4 is 22.7 Å². The van der Waals surface area contributed by atoms with Crippen molar-refractivity contribution in [1.82, 2.24) is 10.3 Å². The molecule has 0 aliphatic heterocycles. The number of likely N-dealkylation sites (N-methyl/N-ethyl adjacent to an activating group) is 1. The van der Waals surface area contributed by atoms with Gasteiger partial charge in [0, 0.05) is 10.6 Å². The standard InChI is InChI=1S/C16H15ClN2O/c1-18-9-8-11-4-2-3-5-13(11)16-19-14-10-12(17)6-7-15(14)20-16/h2-7,10,18H,8-9H2,1H3. The van der Waals surface area contributed by atoms with E-state index in [0.717, 1.165) is 29.6 Å². The van der Waals surface area contributed by atoms with E-state index < -0.39 is 0 Å². The number of nitrogens with one attached hydrogen (secondary N) is 1. The molecule has 0 aliphatic carbocycles. The summed E-state index contributed by atoms with van der Waals surface area (Å²) in [5, 5.41) is 3.83. The van der Waals surface area contributed by atoms with Crippen LogP contribution in [-0.2, 0) is 6.42 Å². The molecule has 0 bridgehead atoms. The highest BCUT2D eigenvalue weighted by Gasteiger charge is 2.11. The molecule has 0 radical (unpaired) electrons. The molecule has 0 saturated carbocycles. The van der Waals surface area contributed by atoms with Crippen LogP contribution in [-0.4, -0.2) is 18.6 Å². The number of nitrogens with zero attached hydrogens (tertiary/aromatic N) is 1. The van der Waals surface area contributed by atoms with Crippen LogP contribution < -0.4 is 5.32 Å². The molecule has 0 aliphatic rings. The summed E-state index contributed by atoms with van der Waals surface area (Å²) in [5.74, 6) is 0.647. The van der Waals surface area contributed by atoms with E-state index in [4.69, 9.17) is 16.0 Å². The Morgan fingerprint density at radius 3 is 2.90 bits per heavy atom. The maximum absolute atomic E-state index is 5.98. The van der Waals surface area contributed by atoms with Crippen LogP contribution in [0.3, 0.4) is 0 Å². The second kappa shape index (κ2) is 5.65. The van der Waals surface area contributed by atoms with Crippen LogP contribution in [0.5, 0.6) is 0 Å². The van der Waals surface area contributed by atoms with Gasteiger partial charge in [-0.1, -0.05) is 29.8 Å². The van der Waals surface area contributed by atoms with Crippen LogP contribution in [0.15, 0.2) is 46.9 Å². The molecule has 1 aromatic heterocycles. The van der Waals surface area contributed by atoms with Gasteiger partial charge < -0.3 is 9.73 Å². The molecule has 0 atom stereocenters. The number of oxazole rings is 1. The fourth-order valence-corrected chi connectivity index (χ4v) is 2.39. The number of hydrogen-bond donors (Lipinski definition) is 1. The normalized spacial score (nSPS) is 11.1. The molecular weight excluding hydrogens is 272 g/mol. The lowest BCUT2D eigenvalue weighted by molar-refractivity contribution is 0.618. The minimum absolute atomic E-state index is 0.647.